The molecular formula is C20H23N5O3. The zero-order valence-corrected chi connectivity index (χ0v) is 15.6. The van der Waals surface area contributed by atoms with Gasteiger partial charge in [-0.3, -0.25) is 9.20 Å². The van der Waals surface area contributed by atoms with Gasteiger partial charge < -0.3 is 20.8 Å². The zero-order chi connectivity index (χ0) is 19.7. The van der Waals surface area contributed by atoms with E-state index in [1.165, 1.54) is 0 Å². The minimum atomic E-state index is -0.867. The first-order chi connectivity index (χ1) is 13.6. The Balaban J connectivity index is 1.62. The van der Waals surface area contributed by atoms with Gasteiger partial charge in [-0.1, -0.05) is 6.07 Å². The van der Waals surface area contributed by atoms with E-state index in [0.717, 1.165) is 29.7 Å². The minimum absolute atomic E-state index is 0.0252. The van der Waals surface area contributed by atoms with E-state index in [1.807, 2.05) is 35.7 Å². The molecule has 0 bridgehead atoms. The molecule has 1 aliphatic rings. The molecule has 146 valence electrons. The van der Waals surface area contributed by atoms with Crippen molar-refractivity contribution in [2.45, 2.75) is 31.9 Å². The number of fused-ring (bicyclic) bond motifs is 1. The van der Waals surface area contributed by atoms with E-state index >= 15 is 0 Å². The van der Waals surface area contributed by atoms with Crippen molar-refractivity contribution in [1.82, 2.24) is 19.7 Å². The monoisotopic (exact) mass is 381 g/mol. The lowest BCUT2D eigenvalue weighted by molar-refractivity contribution is 0.0950. The average molecular weight is 381 g/mol. The summed E-state index contributed by atoms with van der Waals surface area (Å²) in [5, 5.41) is 24.5. The van der Waals surface area contributed by atoms with Crippen molar-refractivity contribution in [3.63, 3.8) is 0 Å². The number of anilines is 1. The van der Waals surface area contributed by atoms with E-state index in [-0.39, 0.29) is 19.1 Å². The van der Waals surface area contributed by atoms with Crippen LogP contribution < -0.4 is 10.6 Å². The van der Waals surface area contributed by atoms with Crippen LogP contribution in [-0.2, 0) is 0 Å². The number of imidazole rings is 1. The largest absolute Gasteiger partial charge is 0.394 e. The number of aromatic nitrogens is 3. The van der Waals surface area contributed by atoms with Crippen molar-refractivity contribution in [3.05, 3.63) is 47.9 Å². The van der Waals surface area contributed by atoms with Gasteiger partial charge in [0.1, 0.15) is 0 Å². The topological polar surface area (TPSA) is 112 Å². The Morgan fingerprint density at radius 1 is 1.36 bits per heavy atom. The summed E-state index contributed by atoms with van der Waals surface area (Å²) in [4.78, 5) is 21.1. The first-order valence-corrected chi connectivity index (χ1v) is 9.33. The Hall–Kier alpha value is -2.97. The highest BCUT2D eigenvalue weighted by Gasteiger charge is 2.24. The molecule has 0 spiro atoms. The first kappa shape index (κ1) is 18.4. The van der Waals surface area contributed by atoms with Crippen molar-refractivity contribution in [2.75, 3.05) is 18.5 Å². The molecule has 1 atom stereocenters. The number of aliphatic hydroxyl groups is 2. The maximum atomic E-state index is 12.3. The second-order valence-electron chi connectivity index (χ2n) is 7.11. The summed E-state index contributed by atoms with van der Waals surface area (Å²) >= 11 is 0. The number of hydrogen-bond acceptors (Lipinski definition) is 6. The predicted molar refractivity (Wildman–Crippen MR) is 105 cm³/mol. The van der Waals surface area contributed by atoms with Gasteiger partial charge in [-0.15, -0.1) is 0 Å². The van der Waals surface area contributed by atoms with Crippen LogP contribution in [0.25, 0.3) is 16.9 Å². The normalized spacial score (nSPS) is 14.8. The Bertz CT molecular complexity index is 1010. The number of amides is 1. The molecule has 1 saturated carbocycles. The van der Waals surface area contributed by atoms with E-state index in [9.17, 15) is 9.90 Å². The molecule has 4 N–H and O–H groups in total. The molecule has 0 saturated heterocycles. The molecule has 8 heteroatoms. The van der Waals surface area contributed by atoms with Gasteiger partial charge in [0.25, 0.3) is 5.91 Å². The molecule has 28 heavy (non-hydrogen) atoms. The first-order valence-electron chi connectivity index (χ1n) is 9.33. The van der Waals surface area contributed by atoms with E-state index in [2.05, 4.69) is 20.6 Å². The number of nitrogens with zero attached hydrogens (tertiary/aromatic N) is 3. The van der Waals surface area contributed by atoms with Crippen LogP contribution in [0.15, 0.2) is 36.8 Å². The quantitative estimate of drug-likeness (QED) is 0.492. The van der Waals surface area contributed by atoms with Crippen LogP contribution in [0.2, 0.25) is 0 Å². The van der Waals surface area contributed by atoms with Crippen LogP contribution in [0.5, 0.6) is 0 Å². The van der Waals surface area contributed by atoms with Gasteiger partial charge in [-0.25, -0.2) is 9.97 Å². The van der Waals surface area contributed by atoms with Crippen LogP contribution in [0.3, 0.4) is 0 Å². The molecule has 1 fully saturated rings. The fourth-order valence-corrected chi connectivity index (χ4v) is 3.11. The Labute approximate surface area is 162 Å². The summed E-state index contributed by atoms with van der Waals surface area (Å²) in [6.45, 7) is 1.78. The summed E-state index contributed by atoms with van der Waals surface area (Å²) in [5.74, 6) is 0.501. The van der Waals surface area contributed by atoms with E-state index in [4.69, 9.17) is 5.11 Å². The molecule has 1 aliphatic carbocycles. The number of nitrogens with one attached hydrogen (secondary N) is 2. The lowest BCUT2D eigenvalue weighted by atomic mass is 10.0. The Morgan fingerprint density at radius 3 is 2.89 bits per heavy atom. The molecule has 2 heterocycles. The summed E-state index contributed by atoms with van der Waals surface area (Å²) in [6, 6.07) is 6.07. The smallest absolute Gasteiger partial charge is 0.251 e. The highest BCUT2D eigenvalue weighted by molar-refractivity contribution is 5.96. The highest BCUT2D eigenvalue weighted by Crippen LogP contribution is 2.26. The van der Waals surface area contributed by atoms with Gasteiger partial charge in [0, 0.05) is 36.1 Å². The molecule has 0 unspecified atom stereocenters. The van der Waals surface area contributed by atoms with E-state index < -0.39 is 6.10 Å². The molecule has 3 aromatic rings. The molecule has 1 amide bonds. The lowest BCUT2D eigenvalue weighted by Gasteiger charge is -2.11. The average Bonchev–Trinajstić information content (AvgIpc) is 3.40. The van der Waals surface area contributed by atoms with E-state index in [1.54, 1.807) is 12.4 Å². The SMILES string of the molecule is Cc1cc(-c2cnc3c(NC[C@@H](O)CO)nccn23)ccc1C(=O)NC1CC1. The van der Waals surface area contributed by atoms with E-state index in [0.29, 0.717) is 23.1 Å². The van der Waals surface area contributed by atoms with Gasteiger partial charge in [0.15, 0.2) is 11.5 Å². The molecular weight excluding hydrogens is 358 g/mol. The number of aliphatic hydroxyl groups excluding tert-OH is 2. The third-order valence-electron chi connectivity index (χ3n) is 4.82. The third kappa shape index (κ3) is 3.69. The van der Waals surface area contributed by atoms with Crippen molar-refractivity contribution in [2.24, 2.45) is 0 Å². The zero-order valence-electron chi connectivity index (χ0n) is 15.6. The van der Waals surface area contributed by atoms with Crippen LogP contribution >= 0.6 is 0 Å². The number of aryl methyl sites for hydroxylation is 1. The number of hydrogen-bond donors (Lipinski definition) is 4. The van der Waals surface area contributed by atoms with Crippen LogP contribution in [-0.4, -0.2) is 55.8 Å². The fourth-order valence-electron chi connectivity index (χ4n) is 3.11. The van der Waals surface area contributed by atoms with Gasteiger partial charge in [-0.2, -0.15) is 0 Å². The van der Waals surface area contributed by atoms with Crippen molar-refractivity contribution in [1.29, 1.82) is 0 Å². The number of carbonyl (C=O) groups excluding carboxylic acids is 1. The molecule has 2 aromatic heterocycles. The summed E-state index contributed by atoms with van der Waals surface area (Å²) in [6.07, 6.45) is 6.47. The molecule has 0 aliphatic heterocycles. The Kier molecular flexibility index (Phi) is 4.97. The summed E-state index contributed by atoms with van der Waals surface area (Å²) < 4.78 is 1.90. The Morgan fingerprint density at radius 2 is 2.18 bits per heavy atom. The van der Waals surface area contributed by atoms with Crippen molar-refractivity contribution in [3.8, 4) is 11.3 Å². The van der Waals surface area contributed by atoms with Gasteiger partial charge in [0.05, 0.1) is 24.6 Å². The van der Waals surface area contributed by atoms with Crippen LogP contribution in [0, 0.1) is 6.92 Å². The number of benzene rings is 1. The van der Waals surface area contributed by atoms with Gasteiger partial charge >= 0.3 is 0 Å². The second-order valence-corrected chi connectivity index (χ2v) is 7.11. The number of carbonyl (C=O) groups is 1. The van der Waals surface area contributed by atoms with Gasteiger partial charge in [-0.05, 0) is 37.5 Å². The van der Waals surface area contributed by atoms with Crippen LogP contribution in [0.1, 0.15) is 28.8 Å². The maximum Gasteiger partial charge on any atom is 0.251 e. The second kappa shape index (κ2) is 7.57. The lowest BCUT2D eigenvalue weighted by Crippen LogP contribution is -2.26. The van der Waals surface area contributed by atoms with Crippen LogP contribution in [0.4, 0.5) is 5.82 Å². The van der Waals surface area contributed by atoms with Crippen molar-refractivity contribution >= 4 is 17.4 Å². The highest BCUT2D eigenvalue weighted by atomic mass is 16.3. The molecule has 0 radical (unpaired) electrons. The number of rotatable bonds is 7. The van der Waals surface area contributed by atoms with Crippen molar-refractivity contribution < 1.29 is 15.0 Å². The fraction of sp³-hybridized carbons (Fsp3) is 0.350. The minimum Gasteiger partial charge on any atom is -0.394 e. The summed E-state index contributed by atoms with van der Waals surface area (Å²) in [7, 11) is 0. The van der Waals surface area contributed by atoms with Gasteiger partial charge in [0.2, 0.25) is 0 Å². The molecule has 8 nitrogen and oxygen atoms in total. The molecule has 1 aromatic carbocycles. The standard InChI is InChI=1S/C20H23N5O3/c1-12-8-13(2-5-16(12)20(28)24-14-3-4-14)17-10-23-19-18(21-6-7-25(17)19)22-9-15(27)11-26/h2,5-8,10,14-15,26-27H,3-4,9,11H2,1H3,(H,21,22)(H,24,28)/t15-/m1/s1. The summed E-state index contributed by atoms with van der Waals surface area (Å²) in [5.41, 5.74) is 4.03. The maximum absolute atomic E-state index is 12.3. The predicted octanol–water partition coefficient (Wildman–Crippen LogP) is 1.36. The molecule has 4 rings (SSSR count). The third-order valence-corrected chi connectivity index (χ3v) is 4.82.